The molecule has 1 aromatic heterocycles. The van der Waals surface area contributed by atoms with Crippen LogP contribution in [-0.4, -0.2) is 17.1 Å². The number of hydrogen-bond acceptors (Lipinski definition) is 5. The van der Waals surface area contributed by atoms with E-state index < -0.39 is 17.8 Å². The highest BCUT2D eigenvalue weighted by atomic mass is 79.9. The Morgan fingerprint density at radius 2 is 2.03 bits per heavy atom. The summed E-state index contributed by atoms with van der Waals surface area (Å²) in [6, 6.07) is 12.6. The maximum atomic E-state index is 13.6. The van der Waals surface area contributed by atoms with Gasteiger partial charge < -0.3 is 4.74 Å². The number of hydrogen-bond donors (Lipinski definition) is 0. The van der Waals surface area contributed by atoms with Crippen LogP contribution < -0.4 is 14.9 Å². The van der Waals surface area contributed by atoms with Gasteiger partial charge in [-0.25, -0.2) is 14.2 Å². The minimum Gasteiger partial charge on any atom is -0.463 e. The number of allylic oxidation sites excluding steroid dienone is 1. The van der Waals surface area contributed by atoms with Crippen LogP contribution in [-0.2, 0) is 9.53 Å². The third kappa shape index (κ3) is 4.18. The minimum atomic E-state index is -0.749. The van der Waals surface area contributed by atoms with Gasteiger partial charge in [-0.15, -0.1) is 0 Å². The summed E-state index contributed by atoms with van der Waals surface area (Å²) in [6.07, 6.45) is 1.79. The number of benzene rings is 2. The fraction of sp³-hybridized carbons (Fsp3) is 0.174. The Morgan fingerprint density at radius 3 is 2.71 bits per heavy atom. The van der Waals surface area contributed by atoms with Crippen molar-refractivity contribution in [3.05, 3.63) is 101 Å². The average molecular weight is 501 g/mol. The molecule has 0 spiro atoms. The van der Waals surface area contributed by atoms with Crippen LogP contribution in [0.1, 0.15) is 31.0 Å². The Hall–Kier alpha value is -2.84. The minimum absolute atomic E-state index is 0.194. The Bertz CT molecular complexity index is 1370. The number of halogens is 2. The largest absolute Gasteiger partial charge is 0.463 e. The van der Waals surface area contributed by atoms with Crippen molar-refractivity contribution in [3.8, 4) is 0 Å². The van der Waals surface area contributed by atoms with Crippen LogP contribution in [0.25, 0.3) is 6.08 Å². The van der Waals surface area contributed by atoms with Gasteiger partial charge >= 0.3 is 5.97 Å². The van der Waals surface area contributed by atoms with Gasteiger partial charge in [0.05, 0.1) is 28.5 Å². The Morgan fingerprint density at radius 1 is 1.29 bits per heavy atom. The van der Waals surface area contributed by atoms with Gasteiger partial charge in [-0.3, -0.25) is 9.36 Å². The number of carbonyl (C=O) groups excluding carboxylic acids is 1. The van der Waals surface area contributed by atoms with E-state index in [0.717, 1.165) is 10.0 Å². The molecule has 0 aliphatic carbocycles. The monoisotopic (exact) mass is 500 g/mol. The lowest BCUT2D eigenvalue weighted by Gasteiger charge is -2.24. The summed E-state index contributed by atoms with van der Waals surface area (Å²) in [5, 5.41) is 0. The summed E-state index contributed by atoms with van der Waals surface area (Å²) in [6.45, 7) is 3.63. The molecule has 8 heteroatoms. The van der Waals surface area contributed by atoms with Crippen molar-refractivity contribution in [1.82, 2.24) is 4.57 Å². The predicted octanol–water partition coefficient (Wildman–Crippen LogP) is 3.70. The van der Waals surface area contributed by atoms with Crippen molar-refractivity contribution in [3.63, 3.8) is 0 Å². The number of aromatic nitrogens is 1. The standard InChI is InChI=1S/C23H18BrFN2O3S/c1-3-30-22(29)19-13(2)26-23-27(20(19)15-7-9-17(25)10-8-15)21(28)18(31-23)12-14-5-4-6-16(24)11-14/h4-12,20H,3H2,1-2H3. The van der Waals surface area contributed by atoms with Gasteiger partial charge in [-0.1, -0.05) is 51.5 Å². The second-order valence-electron chi connectivity index (χ2n) is 6.91. The molecule has 1 aliphatic heterocycles. The van der Waals surface area contributed by atoms with E-state index in [1.165, 1.54) is 28.0 Å². The number of nitrogens with zero attached hydrogens (tertiary/aromatic N) is 2. The molecule has 2 heterocycles. The lowest BCUT2D eigenvalue weighted by atomic mass is 9.96. The fourth-order valence-electron chi connectivity index (χ4n) is 3.50. The number of carbonyl (C=O) groups is 1. The van der Waals surface area contributed by atoms with Crippen LogP contribution in [0.4, 0.5) is 4.39 Å². The topological polar surface area (TPSA) is 60.7 Å². The molecule has 0 amide bonds. The second kappa shape index (κ2) is 8.72. The zero-order valence-corrected chi connectivity index (χ0v) is 19.2. The molecule has 0 radical (unpaired) electrons. The maximum absolute atomic E-state index is 13.6. The van der Waals surface area contributed by atoms with Gasteiger partial charge in [0.15, 0.2) is 4.80 Å². The molecule has 2 aromatic carbocycles. The van der Waals surface area contributed by atoms with Crippen molar-refractivity contribution >= 4 is 39.3 Å². The summed E-state index contributed by atoms with van der Waals surface area (Å²) in [7, 11) is 0. The summed E-state index contributed by atoms with van der Waals surface area (Å²) >= 11 is 4.68. The Kier molecular flexibility index (Phi) is 6.02. The van der Waals surface area contributed by atoms with Crippen molar-refractivity contribution in [2.24, 2.45) is 4.99 Å². The first-order chi connectivity index (χ1) is 14.9. The lowest BCUT2D eigenvalue weighted by Crippen LogP contribution is -2.39. The molecule has 3 aromatic rings. The van der Waals surface area contributed by atoms with Crippen molar-refractivity contribution in [1.29, 1.82) is 0 Å². The van der Waals surface area contributed by atoms with Crippen LogP contribution in [0.5, 0.6) is 0 Å². The first-order valence-corrected chi connectivity index (χ1v) is 11.2. The number of esters is 1. The lowest BCUT2D eigenvalue weighted by molar-refractivity contribution is -0.139. The molecule has 0 bridgehead atoms. The highest BCUT2D eigenvalue weighted by Crippen LogP contribution is 2.30. The quantitative estimate of drug-likeness (QED) is 0.513. The number of rotatable bonds is 4. The molecular formula is C23H18BrFN2O3S. The predicted molar refractivity (Wildman–Crippen MR) is 121 cm³/mol. The number of fused-ring (bicyclic) bond motifs is 1. The van der Waals surface area contributed by atoms with E-state index in [1.54, 1.807) is 32.1 Å². The average Bonchev–Trinajstić information content (AvgIpc) is 3.02. The third-order valence-electron chi connectivity index (χ3n) is 4.85. The third-order valence-corrected chi connectivity index (χ3v) is 6.33. The van der Waals surface area contributed by atoms with Gasteiger partial charge in [-0.2, -0.15) is 0 Å². The van der Waals surface area contributed by atoms with Crippen LogP contribution in [0, 0.1) is 5.82 Å². The molecule has 158 valence electrons. The van der Waals surface area contributed by atoms with Crippen LogP contribution in [0.2, 0.25) is 0 Å². The molecule has 0 saturated heterocycles. The number of thiazole rings is 1. The zero-order chi connectivity index (χ0) is 22.1. The molecule has 4 rings (SSSR count). The van der Waals surface area contributed by atoms with Crippen LogP contribution in [0.3, 0.4) is 0 Å². The van der Waals surface area contributed by atoms with Crippen molar-refractivity contribution < 1.29 is 13.9 Å². The van der Waals surface area contributed by atoms with Gasteiger partial charge in [0, 0.05) is 4.47 Å². The Balaban J connectivity index is 1.96. The van der Waals surface area contributed by atoms with Crippen molar-refractivity contribution in [2.45, 2.75) is 19.9 Å². The van der Waals surface area contributed by atoms with E-state index >= 15 is 0 Å². The molecule has 0 fully saturated rings. The first-order valence-electron chi connectivity index (χ1n) is 9.59. The van der Waals surface area contributed by atoms with Crippen LogP contribution in [0.15, 0.2) is 74.1 Å². The highest BCUT2D eigenvalue weighted by molar-refractivity contribution is 9.10. The molecule has 0 saturated carbocycles. The molecular weight excluding hydrogens is 483 g/mol. The molecule has 31 heavy (non-hydrogen) atoms. The van der Waals surface area contributed by atoms with Gasteiger partial charge in [0.2, 0.25) is 0 Å². The number of ether oxygens (including phenoxy) is 1. The van der Waals surface area contributed by atoms with Crippen LogP contribution >= 0.6 is 27.3 Å². The molecule has 1 unspecified atom stereocenters. The maximum Gasteiger partial charge on any atom is 0.338 e. The summed E-state index contributed by atoms with van der Waals surface area (Å²) < 4.78 is 21.7. The Labute approximate surface area is 190 Å². The molecule has 1 aliphatic rings. The van der Waals surface area contributed by atoms with E-state index in [4.69, 9.17) is 4.74 Å². The van der Waals surface area contributed by atoms with E-state index in [-0.39, 0.29) is 17.7 Å². The molecule has 1 atom stereocenters. The van der Waals surface area contributed by atoms with E-state index in [2.05, 4.69) is 20.9 Å². The fourth-order valence-corrected chi connectivity index (χ4v) is 4.96. The van der Waals surface area contributed by atoms with Crippen molar-refractivity contribution in [2.75, 3.05) is 6.61 Å². The highest BCUT2D eigenvalue weighted by Gasteiger charge is 2.33. The first kappa shape index (κ1) is 21.4. The van der Waals surface area contributed by atoms with E-state index in [9.17, 15) is 14.0 Å². The summed E-state index contributed by atoms with van der Waals surface area (Å²) in [5.41, 5.74) is 1.94. The van der Waals surface area contributed by atoms with Gasteiger partial charge in [0.25, 0.3) is 5.56 Å². The summed E-state index contributed by atoms with van der Waals surface area (Å²) in [5.74, 6) is -0.941. The zero-order valence-electron chi connectivity index (χ0n) is 16.8. The molecule has 5 nitrogen and oxygen atoms in total. The van der Waals surface area contributed by atoms with E-state index in [0.29, 0.717) is 20.6 Å². The molecule has 0 N–H and O–H groups in total. The van der Waals surface area contributed by atoms with Gasteiger partial charge in [0.1, 0.15) is 5.82 Å². The van der Waals surface area contributed by atoms with Gasteiger partial charge in [-0.05, 0) is 55.3 Å². The smallest absolute Gasteiger partial charge is 0.338 e. The van der Waals surface area contributed by atoms with E-state index in [1.807, 2.05) is 24.3 Å². The SMILES string of the molecule is CCOC(=O)C1=C(C)N=c2sc(=Cc3cccc(Br)c3)c(=O)n2C1c1ccc(F)cc1. The summed E-state index contributed by atoms with van der Waals surface area (Å²) in [4.78, 5) is 31.2. The normalized spacial score (nSPS) is 16.1. The second-order valence-corrected chi connectivity index (χ2v) is 8.83.